The van der Waals surface area contributed by atoms with Crippen LogP contribution in [0.3, 0.4) is 0 Å². The summed E-state index contributed by atoms with van der Waals surface area (Å²) in [5.41, 5.74) is 1.53. The number of benzene rings is 2. The maximum Gasteiger partial charge on any atom is 0.255 e. The molecule has 2 aliphatic heterocycles. The number of hydrogen-bond acceptors (Lipinski definition) is 6. The molecule has 0 bridgehead atoms. The molecule has 2 fully saturated rings. The van der Waals surface area contributed by atoms with Crippen LogP contribution < -0.4 is 0 Å². The van der Waals surface area contributed by atoms with Gasteiger partial charge in [-0.3, -0.25) is 4.79 Å². The molecule has 1 atom stereocenters. The number of sulfonamides is 1. The first-order valence-electron chi connectivity index (χ1n) is 10.5. The molecular weight excluding hydrogens is 468 g/mol. The zero-order chi connectivity index (χ0) is 22.9. The van der Waals surface area contributed by atoms with E-state index in [4.69, 9.17) is 0 Å². The topological polar surface area (TPSA) is 91.8 Å². The van der Waals surface area contributed by atoms with Gasteiger partial charge in [-0.2, -0.15) is 4.31 Å². The van der Waals surface area contributed by atoms with Crippen molar-refractivity contribution in [2.45, 2.75) is 28.4 Å². The molecule has 2 aromatic rings. The largest absolute Gasteiger partial charge is 0.336 e. The van der Waals surface area contributed by atoms with Gasteiger partial charge in [-0.15, -0.1) is 11.8 Å². The molecule has 7 nitrogen and oxygen atoms in total. The molecule has 2 heterocycles. The fourth-order valence-corrected chi connectivity index (χ4v) is 8.98. The molecule has 1 amide bonds. The van der Waals surface area contributed by atoms with Gasteiger partial charge >= 0.3 is 0 Å². The Hall–Kier alpha value is -1.88. The van der Waals surface area contributed by atoms with E-state index in [2.05, 4.69) is 0 Å². The molecule has 2 aliphatic rings. The third-order valence-corrected chi connectivity index (χ3v) is 11.0. The minimum absolute atomic E-state index is 0.0505. The normalized spacial score (nSPS) is 21.5. The first kappa shape index (κ1) is 23.3. The Balaban J connectivity index is 1.43. The van der Waals surface area contributed by atoms with Crippen LogP contribution in [0.2, 0.25) is 0 Å². The Bertz CT molecular complexity index is 1200. The van der Waals surface area contributed by atoms with Crippen LogP contribution in [0.15, 0.2) is 58.3 Å². The Kier molecular flexibility index (Phi) is 6.67. The van der Waals surface area contributed by atoms with Crippen LogP contribution in [0.1, 0.15) is 22.3 Å². The van der Waals surface area contributed by atoms with Gasteiger partial charge in [-0.25, -0.2) is 16.8 Å². The summed E-state index contributed by atoms with van der Waals surface area (Å²) < 4.78 is 50.8. The molecule has 2 saturated heterocycles. The number of nitrogens with zero attached hydrogens (tertiary/aromatic N) is 2. The second-order valence-electron chi connectivity index (χ2n) is 8.15. The second-order valence-corrected chi connectivity index (χ2v) is 13.7. The Morgan fingerprint density at radius 3 is 2.28 bits per heavy atom. The van der Waals surface area contributed by atoms with E-state index in [0.717, 1.165) is 10.5 Å². The summed E-state index contributed by atoms with van der Waals surface area (Å²) >= 11 is 1.44. The van der Waals surface area contributed by atoms with Crippen molar-refractivity contribution in [2.75, 3.05) is 37.7 Å². The van der Waals surface area contributed by atoms with E-state index < -0.39 is 19.9 Å². The van der Waals surface area contributed by atoms with E-state index in [-0.39, 0.29) is 40.6 Å². The van der Waals surface area contributed by atoms with Crippen LogP contribution in [0.4, 0.5) is 0 Å². The third kappa shape index (κ3) is 5.03. The Morgan fingerprint density at radius 2 is 1.66 bits per heavy atom. The number of aryl methyl sites for hydroxylation is 1. The predicted octanol–water partition coefficient (Wildman–Crippen LogP) is 2.42. The fraction of sp³-hybridized carbons (Fsp3) is 0.409. The summed E-state index contributed by atoms with van der Waals surface area (Å²) in [5.74, 6) is 0.176. The molecule has 2 aromatic carbocycles. The lowest BCUT2D eigenvalue weighted by Crippen LogP contribution is -2.50. The van der Waals surface area contributed by atoms with Crippen LogP contribution >= 0.6 is 11.8 Å². The SMILES string of the molecule is Cc1ccc(S(=O)(=O)N2CCN(C(=O)c3ccccc3SC3CCS(=O)(=O)C3)CC2)cc1. The number of hydrogen-bond donors (Lipinski definition) is 0. The molecule has 0 saturated carbocycles. The number of carbonyl (C=O) groups is 1. The van der Waals surface area contributed by atoms with E-state index >= 15 is 0 Å². The average Bonchev–Trinajstić information content (AvgIpc) is 3.12. The summed E-state index contributed by atoms with van der Waals surface area (Å²) in [6.45, 7) is 2.99. The molecule has 32 heavy (non-hydrogen) atoms. The number of carbonyl (C=O) groups excluding carboxylic acids is 1. The van der Waals surface area contributed by atoms with Crippen molar-refractivity contribution < 1.29 is 21.6 Å². The van der Waals surface area contributed by atoms with Gasteiger partial charge < -0.3 is 4.90 Å². The standard InChI is InChI=1S/C22H26N2O5S3/c1-17-6-8-19(9-7-17)32(28,29)24-13-11-23(12-14-24)22(25)20-4-2-3-5-21(20)30-18-10-15-31(26,27)16-18/h2-9,18H,10-16H2,1H3. The smallest absolute Gasteiger partial charge is 0.255 e. The van der Waals surface area contributed by atoms with Crippen molar-refractivity contribution in [1.82, 2.24) is 9.21 Å². The van der Waals surface area contributed by atoms with Crippen molar-refractivity contribution in [3.8, 4) is 0 Å². The first-order chi connectivity index (χ1) is 15.2. The van der Waals surface area contributed by atoms with Gasteiger partial charge in [0.15, 0.2) is 9.84 Å². The molecule has 172 valence electrons. The Labute approximate surface area is 193 Å². The fourth-order valence-electron chi connectivity index (χ4n) is 3.94. The van der Waals surface area contributed by atoms with Gasteiger partial charge in [0.05, 0.1) is 22.0 Å². The number of amides is 1. The molecule has 4 rings (SSSR count). The van der Waals surface area contributed by atoms with Gasteiger partial charge in [-0.1, -0.05) is 29.8 Å². The summed E-state index contributed by atoms with van der Waals surface area (Å²) in [7, 11) is -6.59. The number of sulfone groups is 1. The van der Waals surface area contributed by atoms with Gasteiger partial charge in [0.2, 0.25) is 10.0 Å². The average molecular weight is 495 g/mol. The van der Waals surface area contributed by atoms with Gasteiger partial charge in [-0.05, 0) is 37.6 Å². The maximum atomic E-state index is 13.2. The van der Waals surface area contributed by atoms with Crippen LogP contribution in [0.25, 0.3) is 0 Å². The van der Waals surface area contributed by atoms with E-state index in [1.54, 1.807) is 41.3 Å². The van der Waals surface area contributed by atoms with Crippen molar-refractivity contribution >= 4 is 37.5 Å². The summed E-state index contributed by atoms with van der Waals surface area (Å²) in [4.78, 5) is 15.9. The number of piperazine rings is 1. The predicted molar refractivity (Wildman–Crippen MR) is 125 cm³/mol. The lowest BCUT2D eigenvalue weighted by atomic mass is 10.2. The lowest BCUT2D eigenvalue weighted by Gasteiger charge is -2.34. The van der Waals surface area contributed by atoms with Crippen LogP contribution in [0.5, 0.6) is 0 Å². The highest BCUT2D eigenvalue weighted by molar-refractivity contribution is 8.02. The quantitative estimate of drug-likeness (QED) is 0.634. The highest BCUT2D eigenvalue weighted by atomic mass is 32.2. The summed E-state index contributed by atoms with van der Waals surface area (Å²) in [6.07, 6.45) is 0.588. The highest BCUT2D eigenvalue weighted by Crippen LogP contribution is 2.33. The summed E-state index contributed by atoms with van der Waals surface area (Å²) in [6, 6.07) is 14.0. The van der Waals surface area contributed by atoms with Crippen molar-refractivity contribution in [1.29, 1.82) is 0 Å². The zero-order valence-corrected chi connectivity index (χ0v) is 20.3. The number of rotatable bonds is 5. The van der Waals surface area contributed by atoms with Crippen molar-refractivity contribution in [3.63, 3.8) is 0 Å². The monoisotopic (exact) mass is 494 g/mol. The Morgan fingerprint density at radius 1 is 1.00 bits per heavy atom. The number of thioether (sulfide) groups is 1. The van der Waals surface area contributed by atoms with Crippen molar-refractivity contribution in [2.24, 2.45) is 0 Å². The molecule has 0 aliphatic carbocycles. The molecular formula is C22H26N2O5S3. The van der Waals surface area contributed by atoms with Crippen LogP contribution in [0, 0.1) is 6.92 Å². The minimum atomic E-state index is -3.59. The molecule has 10 heteroatoms. The van der Waals surface area contributed by atoms with E-state index in [1.165, 1.54) is 16.1 Å². The first-order valence-corrected chi connectivity index (χ1v) is 14.6. The van der Waals surface area contributed by atoms with Gasteiger partial charge in [0, 0.05) is 36.3 Å². The zero-order valence-electron chi connectivity index (χ0n) is 17.8. The van der Waals surface area contributed by atoms with Crippen molar-refractivity contribution in [3.05, 3.63) is 59.7 Å². The molecule has 0 spiro atoms. The molecule has 0 aromatic heterocycles. The maximum absolute atomic E-state index is 13.2. The van der Waals surface area contributed by atoms with E-state index in [1.807, 2.05) is 19.1 Å². The molecule has 0 radical (unpaired) electrons. The summed E-state index contributed by atoms with van der Waals surface area (Å²) in [5, 5.41) is -0.0505. The van der Waals surface area contributed by atoms with E-state index in [9.17, 15) is 21.6 Å². The van der Waals surface area contributed by atoms with Crippen LogP contribution in [-0.4, -0.2) is 74.9 Å². The minimum Gasteiger partial charge on any atom is -0.336 e. The second kappa shape index (κ2) is 9.17. The van der Waals surface area contributed by atoms with E-state index in [0.29, 0.717) is 25.1 Å². The molecule has 0 N–H and O–H groups in total. The van der Waals surface area contributed by atoms with Crippen LogP contribution in [-0.2, 0) is 19.9 Å². The third-order valence-electron chi connectivity index (χ3n) is 5.79. The van der Waals surface area contributed by atoms with Gasteiger partial charge in [0.1, 0.15) is 0 Å². The van der Waals surface area contributed by atoms with Gasteiger partial charge in [0.25, 0.3) is 5.91 Å². The highest BCUT2D eigenvalue weighted by Gasteiger charge is 2.32. The molecule has 1 unspecified atom stereocenters. The lowest BCUT2D eigenvalue weighted by molar-refractivity contribution is 0.0694.